The number of rotatable bonds is 3. The number of halogens is 2. The maximum absolute atomic E-state index is 13.3. The van der Waals surface area contributed by atoms with Crippen LogP contribution in [-0.4, -0.2) is 11.9 Å². The van der Waals surface area contributed by atoms with Gasteiger partial charge < -0.3 is 11.1 Å². The van der Waals surface area contributed by atoms with E-state index in [2.05, 4.69) is 5.32 Å². The van der Waals surface area contributed by atoms with Crippen LogP contribution in [0.15, 0.2) is 24.3 Å². The lowest BCUT2D eigenvalue weighted by atomic mass is 10.0. The molecular weight excluding hydrogens is 279 g/mol. The molecule has 2 atom stereocenters. The maximum Gasteiger partial charge on any atom is 0.223 e. The number of nitrogens with one attached hydrogen (secondary N) is 1. The van der Waals surface area contributed by atoms with Crippen LogP contribution in [0.25, 0.3) is 0 Å². The second kappa shape index (κ2) is 5.70. The summed E-state index contributed by atoms with van der Waals surface area (Å²) in [6.07, 6.45) is 4.34. The molecule has 2 unspecified atom stereocenters. The molecule has 2 aliphatic rings. The molecule has 0 saturated heterocycles. The summed E-state index contributed by atoms with van der Waals surface area (Å²) in [5.41, 5.74) is 6.39. The average molecular weight is 299 g/mol. The van der Waals surface area contributed by atoms with Gasteiger partial charge in [-0.2, -0.15) is 0 Å². The first-order valence-corrected chi connectivity index (χ1v) is 6.93. The van der Waals surface area contributed by atoms with E-state index in [1.807, 2.05) is 6.07 Å². The van der Waals surface area contributed by atoms with Gasteiger partial charge in [-0.15, -0.1) is 12.4 Å². The first kappa shape index (κ1) is 15.3. The van der Waals surface area contributed by atoms with Crippen molar-refractivity contribution < 1.29 is 9.18 Å². The van der Waals surface area contributed by atoms with E-state index < -0.39 is 0 Å². The van der Waals surface area contributed by atoms with Crippen LogP contribution in [0, 0.1) is 11.7 Å². The predicted octanol–water partition coefficient (Wildman–Crippen LogP) is 2.48. The lowest BCUT2D eigenvalue weighted by molar-refractivity contribution is -0.125. The van der Waals surface area contributed by atoms with Crippen molar-refractivity contribution in [2.75, 3.05) is 0 Å². The molecule has 5 heteroatoms. The van der Waals surface area contributed by atoms with Gasteiger partial charge in [0.05, 0.1) is 5.54 Å². The molecule has 1 aromatic rings. The molecule has 2 saturated carbocycles. The van der Waals surface area contributed by atoms with Crippen molar-refractivity contribution in [2.45, 2.75) is 43.7 Å². The van der Waals surface area contributed by atoms with Crippen LogP contribution in [0.4, 0.5) is 4.39 Å². The van der Waals surface area contributed by atoms with Gasteiger partial charge in [-0.05, 0) is 49.8 Å². The Bertz CT molecular complexity index is 504. The van der Waals surface area contributed by atoms with E-state index >= 15 is 0 Å². The Hall–Kier alpha value is -1.13. The SMILES string of the molecule is Cl.NC1CCC(C(=O)NC2(c3cccc(F)c3)CC2)C1. The molecule has 0 spiro atoms. The van der Waals surface area contributed by atoms with Gasteiger partial charge in [0.25, 0.3) is 0 Å². The highest BCUT2D eigenvalue weighted by atomic mass is 35.5. The molecule has 1 aromatic carbocycles. The van der Waals surface area contributed by atoms with E-state index in [4.69, 9.17) is 5.73 Å². The highest BCUT2D eigenvalue weighted by molar-refractivity contribution is 5.85. The summed E-state index contributed by atoms with van der Waals surface area (Å²) in [5, 5.41) is 3.11. The molecular formula is C15H20ClFN2O. The molecule has 3 nitrogen and oxygen atoms in total. The minimum Gasteiger partial charge on any atom is -0.346 e. The Balaban J connectivity index is 0.00000147. The maximum atomic E-state index is 13.3. The van der Waals surface area contributed by atoms with Crippen molar-refractivity contribution in [3.63, 3.8) is 0 Å². The van der Waals surface area contributed by atoms with Gasteiger partial charge in [-0.3, -0.25) is 4.79 Å². The Morgan fingerprint density at radius 1 is 1.35 bits per heavy atom. The quantitative estimate of drug-likeness (QED) is 0.901. The van der Waals surface area contributed by atoms with Gasteiger partial charge in [0.15, 0.2) is 0 Å². The number of hydrogen-bond donors (Lipinski definition) is 2. The van der Waals surface area contributed by atoms with Crippen molar-refractivity contribution >= 4 is 18.3 Å². The standard InChI is InChI=1S/C15H19FN2O.ClH/c16-12-3-1-2-11(9-12)15(6-7-15)18-14(19)10-4-5-13(17)8-10;/h1-3,9-10,13H,4-8,17H2,(H,18,19);1H. The number of nitrogens with two attached hydrogens (primary N) is 1. The van der Waals surface area contributed by atoms with Crippen LogP contribution in [0.1, 0.15) is 37.7 Å². The van der Waals surface area contributed by atoms with Crippen LogP contribution in [0.3, 0.4) is 0 Å². The summed E-state index contributed by atoms with van der Waals surface area (Å²) in [4.78, 5) is 12.2. The molecule has 1 amide bonds. The molecule has 2 aliphatic carbocycles. The third-order valence-corrected chi connectivity index (χ3v) is 4.33. The Labute approximate surface area is 124 Å². The third-order valence-electron chi connectivity index (χ3n) is 4.33. The predicted molar refractivity (Wildman–Crippen MR) is 78.0 cm³/mol. The smallest absolute Gasteiger partial charge is 0.223 e. The van der Waals surface area contributed by atoms with Gasteiger partial charge in [-0.25, -0.2) is 4.39 Å². The molecule has 3 rings (SSSR count). The number of carbonyl (C=O) groups is 1. The number of hydrogen-bond acceptors (Lipinski definition) is 2. The lowest BCUT2D eigenvalue weighted by Crippen LogP contribution is -2.38. The molecule has 0 radical (unpaired) electrons. The summed E-state index contributed by atoms with van der Waals surface area (Å²) in [7, 11) is 0. The van der Waals surface area contributed by atoms with Crippen molar-refractivity contribution in [3.8, 4) is 0 Å². The van der Waals surface area contributed by atoms with Gasteiger partial charge in [0, 0.05) is 12.0 Å². The monoisotopic (exact) mass is 298 g/mol. The second-order valence-corrected chi connectivity index (χ2v) is 5.85. The fourth-order valence-corrected chi connectivity index (χ4v) is 2.99. The molecule has 110 valence electrons. The third kappa shape index (κ3) is 2.96. The first-order valence-electron chi connectivity index (χ1n) is 6.93. The van der Waals surface area contributed by atoms with E-state index in [-0.39, 0.29) is 41.6 Å². The Morgan fingerprint density at radius 2 is 2.10 bits per heavy atom. The molecule has 3 N–H and O–H groups in total. The van der Waals surface area contributed by atoms with E-state index in [1.54, 1.807) is 6.07 Å². The molecule has 2 fully saturated rings. The fourth-order valence-electron chi connectivity index (χ4n) is 2.99. The average Bonchev–Trinajstić information content (AvgIpc) is 3.03. The molecule has 0 heterocycles. The van der Waals surface area contributed by atoms with Crippen LogP contribution >= 0.6 is 12.4 Å². The zero-order valence-corrected chi connectivity index (χ0v) is 12.1. The largest absolute Gasteiger partial charge is 0.346 e. The summed E-state index contributed by atoms with van der Waals surface area (Å²) in [6, 6.07) is 6.68. The highest BCUT2D eigenvalue weighted by Gasteiger charge is 2.47. The minimum atomic E-state index is -0.328. The summed E-state index contributed by atoms with van der Waals surface area (Å²) < 4.78 is 13.3. The van der Waals surface area contributed by atoms with Gasteiger partial charge >= 0.3 is 0 Å². The topological polar surface area (TPSA) is 55.1 Å². The summed E-state index contributed by atoms with van der Waals surface area (Å²) >= 11 is 0. The van der Waals surface area contributed by atoms with Crippen LogP contribution in [0.2, 0.25) is 0 Å². The Kier molecular flexibility index (Phi) is 4.35. The number of benzene rings is 1. The zero-order valence-electron chi connectivity index (χ0n) is 11.3. The molecule has 20 heavy (non-hydrogen) atoms. The normalized spacial score (nSPS) is 26.7. The van der Waals surface area contributed by atoms with E-state index in [9.17, 15) is 9.18 Å². The van der Waals surface area contributed by atoms with Crippen LogP contribution < -0.4 is 11.1 Å². The summed E-state index contributed by atoms with van der Waals surface area (Å²) in [5.74, 6) is -0.142. The summed E-state index contributed by atoms with van der Waals surface area (Å²) in [6.45, 7) is 0. The van der Waals surface area contributed by atoms with Crippen LogP contribution in [-0.2, 0) is 10.3 Å². The van der Waals surface area contributed by atoms with E-state index in [1.165, 1.54) is 12.1 Å². The van der Waals surface area contributed by atoms with Crippen molar-refractivity contribution in [3.05, 3.63) is 35.6 Å². The zero-order chi connectivity index (χ0) is 13.5. The van der Waals surface area contributed by atoms with Crippen molar-refractivity contribution in [1.29, 1.82) is 0 Å². The number of carbonyl (C=O) groups excluding carboxylic acids is 1. The minimum absolute atomic E-state index is 0. The molecule has 0 aliphatic heterocycles. The fraction of sp³-hybridized carbons (Fsp3) is 0.533. The van der Waals surface area contributed by atoms with E-state index in [0.29, 0.717) is 0 Å². The van der Waals surface area contributed by atoms with Crippen molar-refractivity contribution in [1.82, 2.24) is 5.32 Å². The van der Waals surface area contributed by atoms with Gasteiger partial charge in [-0.1, -0.05) is 12.1 Å². The highest BCUT2D eigenvalue weighted by Crippen LogP contribution is 2.46. The number of amides is 1. The van der Waals surface area contributed by atoms with E-state index in [0.717, 1.165) is 37.7 Å². The Morgan fingerprint density at radius 3 is 2.65 bits per heavy atom. The molecule has 0 bridgehead atoms. The van der Waals surface area contributed by atoms with Crippen molar-refractivity contribution in [2.24, 2.45) is 11.7 Å². The molecule has 0 aromatic heterocycles. The first-order chi connectivity index (χ1) is 9.09. The van der Waals surface area contributed by atoms with Crippen LogP contribution in [0.5, 0.6) is 0 Å². The van der Waals surface area contributed by atoms with Gasteiger partial charge in [0.2, 0.25) is 5.91 Å². The lowest BCUT2D eigenvalue weighted by Gasteiger charge is -2.20. The second-order valence-electron chi connectivity index (χ2n) is 5.85. The van der Waals surface area contributed by atoms with Gasteiger partial charge in [0.1, 0.15) is 5.82 Å².